The number of alkyl halides is 1. The summed E-state index contributed by atoms with van der Waals surface area (Å²) in [5.74, 6) is -1.57. The van der Waals surface area contributed by atoms with Gasteiger partial charge in [-0.3, -0.25) is 14.9 Å². The summed E-state index contributed by atoms with van der Waals surface area (Å²) in [6, 6.07) is -1.45. The number of nitrogens with zero attached hydrogens (tertiary/aromatic N) is 1. The molecule has 0 N–H and O–H groups in total. The van der Waals surface area contributed by atoms with E-state index >= 15 is 0 Å². The Morgan fingerprint density at radius 2 is 2.38 bits per heavy atom. The lowest BCUT2D eigenvalue weighted by Crippen LogP contribution is -2.41. The van der Waals surface area contributed by atoms with E-state index in [0.717, 1.165) is 0 Å². The molecule has 0 aromatic carbocycles. The van der Waals surface area contributed by atoms with Crippen LogP contribution in [0.4, 0.5) is 0 Å². The molecule has 0 aromatic rings. The van der Waals surface area contributed by atoms with Gasteiger partial charge in [-0.25, -0.2) is 4.79 Å². The fourth-order valence-electron chi connectivity index (χ4n) is 1.79. The fraction of sp³-hybridized carbons (Fsp3) is 0.778. The second kappa shape index (κ2) is 5.38. The predicted molar refractivity (Wildman–Crippen MR) is 57.9 cm³/mol. The number of hydrogen-bond acceptors (Lipinski definition) is 5. The van der Waals surface area contributed by atoms with Crippen LogP contribution >= 0.6 is 15.9 Å². The number of nitro groups is 1. The van der Waals surface area contributed by atoms with E-state index in [0.29, 0.717) is 6.42 Å². The van der Waals surface area contributed by atoms with Gasteiger partial charge in [0, 0.05) is 11.3 Å². The largest absolute Gasteiger partial charge is 0.461 e. The van der Waals surface area contributed by atoms with Crippen molar-refractivity contribution in [2.45, 2.75) is 30.6 Å². The van der Waals surface area contributed by atoms with Crippen molar-refractivity contribution in [1.82, 2.24) is 0 Å². The fourth-order valence-corrected chi connectivity index (χ4v) is 2.58. The molecule has 0 radical (unpaired) electrons. The maximum absolute atomic E-state index is 11.4. The molecule has 3 unspecified atom stereocenters. The van der Waals surface area contributed by atoms with E-state index in [4.69, 9.17) is 0 Å². The maximum Gasteiger partial charge on any atom is 0.382 e. The number of esters is 1. The molecule has 0 aromatic heterocycles. The van der Waals surface area contributed by atoms with Crippen LogP contribution in [0.25, 0.3) is 0 Å². The number of Topliss-reactive ketones (excluding diaryl/α,β-unsaturated/α-hetero) is 1. The highest BCUT2D eigenvalue weighted by Crippen LogP contribution is 2.32. The van der Waals surface area contributed by atoms with Gasteiger partial charge in [-0.15, -0.1) is 0 Å². The highest BCUT2D eigenvalue weighted by Gasteiger charge is 2.48. The summed E-state index contributed by atoms with van der Waals surface area (Å²) in [5, 5.41) is 10.8. The Morgan fingerprint density at radius 1 is 1.75 bits per heavy atom. The first-order valence-electron chi connectivity index (χ1n) is 4.96. The zero-order valence-corrected chi connectivity index (χ0v) is 10.3. The molecule has 0 amide bonds. The second-order valence-corrected chi connectivity index (χ2v) is 4.54. The van der Waals surface area contributed by atoms with E-state index < -0.39 is 27.7 Å². The van der Waals surface area contributed by atoms with Crippen LogP contribution in [-0.2, 0) is 14.3 Å². The van der Waals surface area contributed by atoms with E-state index in [1.807, 2.05) is 0 Å². The quantitative estimate of drug-likeness (QED) is 0.333. The van der Waals surface area contributed by atoms with Crippen LogP contribution in [-0.4, -0.2) is 34.2 Å². The summed E-state index contributed by atoms with van der Waals surface area (Å²) in [6.07, 6.45) is 0.615. The van der Waals surface area contributed by atoms with Gasteiger partial charge in [-0.2, -0.15) is 0 Å². The third-order valence-corrected chi connectivity index (χ3v) is 3.76. The number of hydrogen-bond donors (Lipinski definition) is 0. The Hall–Kier alpha value is -0.980. The SMILES string of the molecule is CCOC(=O)C(C1CCC(=O)C1Br)[N+](=O)[O-]. The standard InChI is InChI=1S/C9H12BrNO5/c1-2-16-9(13)8(11(14)15)5-3-4-6(12)7(5)10/h5,7-8H,2-4H2,1H3. The van der Waals surface area contributed by atoms with Crippen LogP contribution in [0.2, 0.25) is 0 Å². The van der Waals surface area contributed by atoms with Gasteiger partial charge in [-0.1, -0.05) is 15.9 Å². The zero-order chi connectivity index (χ0) is 12.3. The number of ether oxygens (including phenoxy) is 1. The van der Waals surface area contributed by atoms with E-state index in [2.05, 4.69) is 20.7 Å². The van der Waals surface area contributed by atoms with Crippen LogP contribution < -0.4 is 0 Å². The molecule has 1 aliphatic rings. The Kier molecular flexibility index (Phi) is 4.40. The second-order valence-electron chi connectivity index (χ2n) is 3.55. The van der Waals surface area contributed by atoms with Crippen molar-refractivity contribution in [1.29, 1.82) is 0 Å². The Balaban J connectivity index is 2.82. The summed E-state index contributed by atoms with van der Waals surface area (Å²) in [6.45, 7) is 1.68. The van der Waals surface area contributed by atoms with Gasteiger partial charge in [0.25, 0.3) is 0 Å². The van der Waals surface area contributed by atoms with Gasteiger partial charge in [0.2, 0.25) is 0 Å². The van der Waals surface area contributed by atoms with Crippen molar-refractivity contribution in [3.05, 3.63) is 10.1 Å². The number of halogens is 1. The van der Waals surface area contributed by atoms with Crippen molar-refractivity contribution >= 4 is 27.7 Å². The van der Waals surface area contributed by atoms with Crippen molar-refractivity contribution in [3.8, 4) is 0 Å². The molecular weight excluding hydrogens is 282 g/mol. The Bertz CT molecular complexity index is 319. The van der Waals surface area contributed by atoms with Crippen LogP contribution in [0, 0.1) is 16.0 Å². The van der Waals surface area contributed by atoms with Gasteiger partial charge in [-0.05, 0) is 13.3 Å². The van der Waals surface area contributed by atoms with Crippen molar-refractivity contribution in [2.75, 3.05) is 6.61 Å². The molecule has 90 valence electrons. The first kappa shape index (κ1) is 13.1. The minimum absolute atomic E-state index is 0.0940. The maximum atomic E-state index is 11.4. The molecule has 0 aliphatic heterocycles. The number of ketones is 1. The van der Waals surface area contributed by atoms with Crippen LogP contribution in [0.15, 0.2) is 0 Å². The first-order valence-corrected chi connectivity index (χ1v) is 5.87. The third kappa shape index (κ3) is 2.58. The molecule has 1 fully saturated rings. The molecule has 7 heteroatoms. The summed E-state index contributed by atoms with van der Waals surface area (Å²) in [4.78, 5) is 32.2. The minimum Gasteiger partial charge on any atom is -0.461 e. The van der Waals surface area contributed by atoms with E-state index in [1.54, 1.807) is 6.92 Å². The van der Waals surface area contributed by atoms with Gasteiger partial charge >= 0.3 is 12.0 Å². The molecule has 0 bridgehead atoms. The molecule has 6 nitrogen and oxygen atoms in total. The van der Waals surface area contributed by atoms with E-state index in [1.165, 1.54) is 0 Å². The Morgan fingerprint density at radius 3 is 2.75 bits per heavy atom. The molecule has 16 heavy (non-hydrogen) atoms. The average molecular weight is 294 g/mol. The van der Waals surface area contributed by atoms with Crippen molar-refractivity contribution in [2.24, 2.45) is 5.92 Å². The van der Waals surface area contributed by atoms with Gasteiger partial charge in [0.05, 0.1) is 17.4 Å². The molecule has 0 spiro atoms. The number of carbonyl (C=O) groups is 2. The molecule has 1 rings (SSSR count). The predicted octanol–water partition coefficient (Wildman–Crippen LogP) is 0.937. The highest BCUT2D eigenvalue weighted by molar-refractivity contribution is 9.10. The van der Waals surface area contributed by atoms with E-state index in [-0.39, 0.29) is 18.8 Å². The smallest absolute Gasteiger partial charge is 0.382 e. The summed E-state index contributed by atoms with van der Waals surface area (Å²) >= 11 is 3.10. The highest BCUT2D eigenvalue weighted by atomic mass is 79.9. The normalized spacial score (nSPS) is 26.5. The molecule has 0 saturated heterocycles. The van der Waals surface area contributed by atoms with Crippen molar-refractivity contribution in [3.63, 3.8) is 0 Å². The van der Waals surface area contributed by atoms with Gasteiger partial charge in [0.1, 0.15) is 5.78 Å². The molecule has 1 aliphatic carbocycles. The first-order chi connectivity index (χ1) is 7.49. The topological polar surface area (TPSA) is 86.5 Å². The van der Waals surface area contributed by atoms with Crippen LogP contribution in [0.3, 0.4) is 0 Å². The lowest BCUT2D eigenvalue weighted by molar-refractivity contribution is -0.519. The summed E-state index contributed by atoms with van der Waals surface area (Å²) < 4.78 is 4.65. The number of rotatable bonds is 4. The number of carbonyl (C=O) groups excluding carboxylic acids is 2. The van der Waals surface area contributed by atoms with Crippen LogP contribution in [0.5, 0.6) is 0 Å². The van der Waals surface area contributed by atoms with Gasteiger partial charge < -0.3 is 4.74 Å². The third-order valence-electron chi connectivity index (χ3n) is 2.57. The van der Waals surface area contributed by atoms with Crippen molar-refractivity contribution < 1.29 is 19.2 Å². The molecular formula is C9H12BrNO5. The van der Waals surface area contributed by atoms with Gasteiger partial charge in [0.15, 0.2) is 0 Å². The molecule has 0 heterocycles. The summed E-state index contributed by atoms with van der Waals surface area (Å²) in [5.41, 5.74) is 0. The lowest BCUT2D eigenvalue weighted by atomic mass is 9.99. The van der Waals surface area contributed by atoms with E-state index in [9.17, 15) is 19.7 Å². The molecule has 3 atom stereocenters. The monoisotopic (exact) mass is 293 g/mol. The molecule has 1 saturated carbocycles. The zero-order valence-electron chi connectivity index (χ0n) is 8.72. The minimum atomic E-state index is -1.45. The Labute approximate surface area is 101 Å². The lowest BCUT2D eigenvalue weighted by Gasteiger charge is -2.16. The average Bonchev–Trinajstić information content (AvgIpc) is 2.50. The van der Waals surface area contributed by atoms with Crippen LogP contribution in [0.1, 0.15) is 19.8 Å². The summed E-state index contributed by atoms with van der Waals surface area (Å²) in [7, 11) is 0.